The van der Waals surface area contributed by atoms with Crippen molar-refractivity contribution in [1.29, 1.82) is 0 Å². The number of aliphatic imine (C=N–C) groups is 1. The zero-order chi connectivity index (χ0) is 22.2. The number of furan rings is 1. The van der Waals surface area contributed by atoms with Crippen molar-refractivity contribution in [1.82, 2.24) is 9.88 Å². The summed E-state index contributed by atoms with van der Waals surface area (Å²) in [6.45, 7) is 2.19. The van der Waals surface area contributed by atoms with Gasteiger partial charge in [-0.25, -0.2) is 4.99 Å². The third-order valence-electron chi connectivity index (χ3n) is 5.91. The molecule has 3 aromatic rings. The normalized spacial score (nSPS) is 22.0. The lowest BCUT2D eigenvalue weighted by Gasteiger charge is -2.30. The molecule has 3 atom stereocenters. The van der Waals surface area contributed by atoms with E-state index in [9.17, 15) is 10.1 Å². The van der Waals surface area contributed by atoms with Crippen LogP contribution >= 0.6 is 11.8 Å². The molecule has 2 aliphatic rings. The van der Waals surface area contributed by atoms with E-state index < -0.39 is 4.92 Å². The number of hydrogen-bond acceptors (Lipinski definition) is 8. The first kappa shape index (κ1) is 20.6. The number of nitrogens with zero attached hydrogens (tertiary/aromatic N) is 4. The second kappa shape index (κ2) is 8.31. The maximum Gasteiger partial charge on any atom is 0.273 e. The number of rotatable bonds is 6. The summed E-state index contributed by atoms with van der Waals surface area (Å²) in [5.74, 6) is 2.79. The summed E-state index contributed by atoms with van der Waals surface area (Å²) in [7, 11) is 1.49. The summed E-state index contributed by atoms with van der Waals surface area (Å²) in [6, 6.07) is 14.4. The highest BCUT2D eigenvalue weighted by Gasteiger charge is 2.47. The van der Waals surface area contributed by atoms with E-state index in [4.69, 9.17) is 14.1 Å². The minimum atomic E-state index is -0.440. The van der Waals surface area contributed by atoms with Crippen LogP contribution in [-0.4, -0.2) is 38.9 Å². The molecule has 0 unspecified atom stereocenters. The number of methoxy groups -OCH3 is 1. The number of ether oxygens (including phenoxy) is 1. The van der Waals surface area contributed by atoms with E-state index >= 15 is 0 Å². The molecule has 0 saturated carbocycles. The molecule has 0 N–H and O–H groups in total. The van der Waals surface area contributed by atoms with Crippen LogP contribution in [0.15, 0.2) is 64.1 Å². The zero-order valence-electron chi connectivity index (χ0n) is 17.7. The molecule has 8 nitrogen and oxygen atoms in total. The summed E-state index contributed by atoms with van der Waals surface area (Å²) in [4.78, 5) is 22.6. The van der Waals surface area contributed by atoms with Crippen LogP contribution in [0.1, 0.15) is 36.9 Å². The molecule has 4 heterocycles. The molecule has 0 aliphatic carbocycles. The third kappa shape index (κ3) is 3.42. The van der Waals surface area contributed by atoms with Crippen LogP contribution in [-0.2, 0) is 0 Å². The van der Waals surface area contributed by atoms with Crippen LogP contribution in [0.4, 0.5) is 5.69 Å². The Labute approximate surface area is 189 Å². The van der Waals surface area contributed by atoms with Crippen molar-refractivity contribution in [2.45, 2.75) is 31.5 Å². The van der Waals surface area contributed by atoms with Crippen molar-refractivity contribution in [2.75, 3.05) is 12.9 Å². The maximum absolute atomic E-state index is 11.1. The third-order valence-corrected chi connectivity index (χ3v) is 7.03. The van der Waals surface area contributed by atoms with E-state index in [2.05, 4.69) is 16.8 Å². The molecule has 0 bridgehead atoms. The summed E-state index contributed by atoms with van der Waals surface area (Å²) < 4.78 is 11.8. The highest BCUT2D eigenvalue weighted by Crippen LogP contribution is 2.49. The number of pyridine rings is 1. The lowest BCUT2D eigenvalue weighted by molar-refractivity contribution is -0.384. The Morgan fingerprint density at radius 3 is 2.88 bits per heavy atom. The number of benzene rings is 1. The van der Waals surface area contributed by atoms with Crippen LogP contribution in [0.25, 0.3) is 11.3 Å². The van der Waals surface area contributed by atoms with Gasteiger partial charge in [-0.2, -0.15) is 0 Å². The van der Waals surface area contributed by atoms with Gasteiger partial charge in [-0.3, -0.25) is 15.1 Å². The Kier molecular flexibility index (Phi) is 5.34. The number of non-ortho nitro benzene ring substituents is 1. The Bertz CT molecular complexity index is 1180. The van der Waals surface area contributed by atoms with Crippen LogP contribution in [0.5, 0.6) is 5.75 Å². The van der Waals surface area contributed by atoms with Gasteiger partial charge in [0, 0.05) is 24.1 Å². The van der Waals surface area contributed by atoms with Gasteiger partial charge < -0.3 is 14.1 Å². The van der Waals surface area contributed by atoms with Gasteiger partial charge in [0.15, 0.2) is 5.17 Å². The first-order valence-corrected chi connectivity index (χ1v) is 11.4. The van der Waals surface area contributed by atoms with Crippen molar-refractivity contribution >= 4 is 22.6 Å². The topological polar surface area (TPSA) is 94.0 Å². The van der Waals surface area contributed by atoms with Crippen LogP contribution in [0, 0.1) is 10.1 Å². The van der Waals surface area contributed by atoms with E-state index in [0.29, 0.717) is 23.1 Å². The minimum absolute atomic E-state index is 0.0266. The van der Waals surface area contributed by atoms with Gasteiger partial charge >= 0.3 is 0 Å². The largest absolute Gasteiger partial charge is 0.496 e. The summed E-state index contributed by atoms with van der Waals surface area (Å²) in [5.41, 5.74) is 1.54. The molecular formula is C23H22N4O4S. The average Bonchev–Trinajstić information content (AvgIpc) is 3.54. The molecule has 0 radical (unpaired) electrons. The van der Waals surface area contributed by atoms with Crippen molar-refractivity contribution in [2.24, 2.45) is 4.99 Å². The molecule has 2 aliphatic heterocycles. The Morgan fingerprint density at radius 1 is 1.28 bits per heavy atom. The molecular weight excluding hydrogens is 428 g/mol. The van der Waals surface area contributed by atoms with E-state index in [1.165, 1.54) is 19.2 Å². The molecule has 164 valence electrons. The van der Waals surface area contributed by atoms with Gasteiger partial charge in [-0.15, -0.1) is 0 Å². The molecule has 32 heavy (non-hydrogen) atoms. The fourth-order valence-electron chi connectivity index (χ4n) is 4.31. The predicted molar refractivity (Wildman–Crippen MR) is 123 cm³/mol. The maximum atomic E-state index is 11.1. The number of nitro benzene ring substituents is 1. The number of aromatic nitrogens is 1. The minimum Gasteiger partial charge on any atom is -0.496 e. The van der Waals surface area contributed by atoms with Crippen molar-refractivity contribution in [3.63, 3.8) is 0 Å². The highest BCUT2D eigenvalue weighted by molar-refractivity contribution is 8.14. The molecule has 1 fully saturated rings. The second-order valence-corrected chi connectivity index (χ2v) is 8.67. The smallest absolute Gasteiger partial charge is 0.273 e. The quantitative estimate of drug-likeness (QED) is 0.374. The number of thioether (sulfide) groups is 1. The monoisotopic (exact) mass is 450 g/mol. The van der Waals surface area contributed by atoms with Crippen molar-refractivity contribution in [3.8, 4) is 17.1 Å². The second-order valence-electron chi connectivity index (χ2n) is 7.68. The molecule has 9 heteroatoms. The Morgan fingerprint density at radius 2 is 2.16 bits per heavy atom. The molecule has 1 aromatic carbocycles. The van der Waals surface area contributed by atoms with Gasteiger partial charge in [0.25, 0.3) is 5.69 Å². The number of fused-ring (bicyclic) bond motifs is 1. The number of hydrogen-bond donors (Lipinski definition) is 0. The zero-order valence-corrected chi connectivity index (χ0v) is 18.5. The SMILES string of the molecule is CC[C@H]1CSC2=N[C@@H](c3ccccn3)[C@@H](c3ccc(-c4ccc([N+](=O)[O-])cc4OC)o3)N21. The number of amidine groups is 1. The highest BCUT2D eigenvalue weighted by atomic mass is 32.2. The predicted octanol–water partition coefficient (Wildman–Crippen LogP) is 5.24. The molecule has 2 aromatic heterocycles. The van der Waals surface area contributed by atoms with Crippen LogP contribution in [0.2, 0.25) is 0 Å². The average molecular weight is 451 g/mol. The summed E-state index contributed by atoms with van der Waals surface area (Å²) >= 11 is 1.78. The van der Waals surface area contributed by atoms with Crippen LogP contribution < -0.4 is 4.74 Å². The fraction of sp³-hybridized carbons (Fsp3) is 0.304. The van der Waals surface area contributed by atoms with E-state index in [1.54, 1.807) is 24.0 Å². The lowest BCUT2D eigenvalue weighted by Crippen LogP contribution is -2.35. The molecule has 5 rings (SSSR count). The Balaban J connectivity index is 1.55. The molecule has 1 saturated heterocycles. The van der Waals surface area contributed by atoms with Crippen molar-refractivity contribution < 1.29 is 14.1 Å². The fourth-order valence-corrected chi connectivity index (χ4v) is 5.65. The molecule has 0 amide bonds. The molecule has 0 spiro atoms. The van der Waals surface area contributed by atoms with Crippen LogP contribution in [0.3, 0.4) is 0 Å². The first-order valence-electron chi connectivity index (χ1n) is 10.4. The summed E-state index contributed by atoms with van der Waals surface area (Å²) in [5, 5.41) is 12.2. The van der Waals surface area contributed by atoms with E-state index in [-0.39, 0.29) is 17.8 Å². The van der Waals surface area contributed by atoms with Gasteiger partial charge in [-0.05, 0) is 36.8 Å². The van der Waals surface area contributed by atoms with E-state index in [0.717, 1.165) is 28.8 Å². The first-order chi connectivity index (χ1) is 15.6. The van der Waals surface area contributed by atoms with Gasteiger partial charge in [0.05, 0.1) is 29.4 Å². The number of nitro groups is 1. The Hall–Kier alpha value is -3.33. The van der Waals surface area contributed by atoms with Gasteiger partial charge in [-0.1, -0.05) is 24.8 Å². The summed E-state index contributed by atoms with van der Waals surface area (Å²) in [6.07, 6.45) is 2.80. The van der Waals surface area contributed by atoms with Gasteiger partial charge in [0.1, 0.15) is 29.4 Å². The standard InChI is InChI=1S/C23H22N4O4S/c1-3-14-13-32-23-25-21(17-6-4-5-11-24-17)22(26(14)23)19-10-9-18(31-19)16-8-7-15(27(28)29)12-20(16)30-2/h4-12,14,21-22H,3,13H2,1-2H3/t14-,21-,22+/m0/s1. The van der Waals surface area contributed by atoms with Crippen molar-refractivity contribution in [3.05, 3.63) is 76.3 Å². The van der Waals surface area contributed by atoms with Gasteiger partial charge in [0.2, 0.25) is 0 Å². The lowest BCUT2D eigenvalue weighted by atomic mass is 10.0. The van der Waals surface area contributed by atoms with E-state index in [1.807, 2.05) is 30.3 Å².